The molecule has 1 amide bonds. The Balaban J connectivity index is 2.16. The molecule has 0 aromatic carbocycles. The molecular formula is C11H13N2O3-. The predicted octanol–water partition coefficient (Wildman–Crippen LogP) is -0.730. The van der Waals surface area contributed by atoms with E-state index in [1.54, 1.807) is 12.4 Å². The van der Waals surface area contributed by atoms with E-state index in [9.17, 15) is 14.7 Å². The van der Waals surface area contributed by atoms with E-state index < -0.39 is 5.97 Å². The molecule has 0 spiro atoms. The number of rotatable bonds is 6. The first-order chi connectivity index (χ1) is 7.68. The molecule has 86 valence electrons. The number of hydrogen-bond acceptors (Lipinski definition) is 4. The molecule has 1 aromatic heterocycles. The van der Waals surface area contributed by atoms with E-state index in [-0.39, 0.29) is 18.7 Å². The van der Waals surface area contributed by atoms with Crippen LogP contribution in [0.3, 0.4) is 0 Å². The lowest BCUT2D eigenvalue weighted by Crippen LogP contribution is -2.29. The summed E-state index contributed by atoms with van der Waals surface area (Å²) < 4.78 is 0. The van der Waals surface area contributed by atoms with Gasteiger partial charge in [-0.2, -0.15) is 0 Å². The number of aromatic nitrogens is 1. The lowest BCUT2D eigenvalue weighted by atomic mass is 10.2. The highest BCUT2D eigenvalue weighted by molar-refractivity contribution is 5.79. The van der Waals surface area contributed by atoms with Crippen molar-refractivity contribution < 1.29 is 14.7 Å². The standard InChI is InChI=1S/C11H14N2O3/c14-10(1-2-11(15)16)13-8-5-9-3-6-12-7-4-9/h3-4,6-7H,1-2,5,8H2,(H,13,14)(H,15,16)/p-1. The van der Waals surface area contributed by atoms with Crippen molar-refractivity contribution in [2.75, 3.05) is 6.54 Å². The summed E-state index contributed by atoms with van der Waals surface area (Å²) in [5.41, 5.74) is 1.08. The Kier molecular flexibility index (Phi) is 4.98. The largest absolute Gasteiger partial charge is 0.550 e. The maximum Gasteiger partial charge on any atom is 0.220 e. The molecule has 5 heteroatoms. The van der Waals surface area contributed by atoms with E-state index in [4.69, 9.17) is 0 Å². The van der Waals surface area contributed by atoms with Gasteiger partial charge in [0.1, 0.15) is 0 Å². The van der Waals surface area contributed by atoms with Gasteiger partial charge in [0.15, 0.2) is 0 Å². The van der Waals surface area contributed by atoms with Crippen molar-refractivity contribution in [2.45, 2.75) is 19.3 Å². The minimum absolute atomic E-state index is 0.0291. The third-order valence-electron chi connectivity index (χ3n) is 2.04. The third-order valence-corrected chi connectivity index (χ3v) is 2.04. The van der Waals surface area contributed by atoms with Crippen LogP contribution < -0.4 is 10.4 Å². The lowest BCUT2D eigenvalue weighted by molar-refractivity contribution is -0.305. The molecule has 0 unspecified atom stereocenters. The molecule has 1 heterocycles. The Labute approximate surface area is 93.5 Å². The van der Waals surface area contributed by atoms with Crippen LogP contribution in [0.2, 0.25) is 0 Å². The van der Waals surface area contributed by atoms with Crippen LogP contribution in [0.4, 0.5) is 0 Å². The van der Waals surface area contributed by atoms with E-state index in [0.717, 1.165) is 5.56 Å². The minimum atomic E-state index is -1.20. The summed E-state index contributed by atoms with van der Waals surface area (Å²) in [6.07, 6.45) is 3.82. The molecule has 5 nitrogen and oxygen atoms in total. The molecule has 0 bridgehead atoms. The van der Waals surface area contributed by atoms with Gasteiger partial charge in [-0.15, -0.1) is 0 Å². The summed E-state index contributed by atoms with van der Waals surface area (Å²) in [4.78, 5) is 25.1. The summed E-state index contributed by atoms with van der Waals surface area (Å²) in [5, 5.41) is 12.7. The van der Waals surface area contributed by atoms with Crippen molar-refractivity contribution in [3.8, 4) is 0 Å². The second kappa shape index (κ2) is 6.55. The van der Waals surface area contributed by atoms with Crippen LogP contribution in [0, 0.1) is 0 Å². The quantitative estimate of drug-likeness (QED) is 0.686. The van der Waals surface area contributed by atoms with Gasteiger partial charge >= 0.3 is 0 Å². The molecule has 1 N–H and O–H groups in total. The highest BCUT2D eigenvalue weighted by atomic mass is 16.4. The summed E-state index contributed by atoms with van der Waals surface area (Å²) in [5.74, 6) is -1.47. The fourth-order valence-corrected chi connectivity index (χ4v) is 1.20. The smallest absolute Gasteiger partial charge is 0.220 e. The normalized spacial score (nSPS) is 9.75. The van der Waals surface area contributed by atoms with Gasteiger partial charge in [-0.3, -0.25) is 9.78 Å². The van der Waals surface area contributed by atoms with Crippen LogP contribution in [-0.2, 0) is 16.0 Å². The fraction of sp³-hybridized carbons (Fsp3) is 0.364. The topological polar surface area (TPSA) is 82.1 Å². The number of carboxylic acids is 1. The zero-order valence-corrected chi connectivity index (χ0v) is 8.81. The van der Waals surface area contributed by atoms with Gasteiger partial charge in [-0.1, -0.05) is 0 Å². The number of hydrogen-bond donors (Lipinski definition) is 1. The maximum atomic E-state index is 11.1. The number of nitrogens with zero attached hydrogens (tertiary/aromatic N) is 1. The SMILES string of the molecule is O=C([O-])CCC(=O)NCCc1ccncc1. The first-order valence-electron chi connectivity index (χ1n) is 5.04. The summed E-state index contributed by atoms with van der Waals surface area (Å²) in [6.45, 7) is 0.496. The van der Waals surface area contributed by atoms with Gasteiger partial charge in [0.05, 0.1) is 0 Å². The summed E-state index contributed by atoms with van der Waals surface area (Å²) in [6, 6.07) is 3.74. The Morgan fingerprint density at radius 1 is 1.25 bits per heavy atom. The van der Waals surface area contributed by atoms with E-state index >= 15 is 0 Å². The van der Waals surface area contributed by atoms with Crippen molar-refractivity contribution in [3.63, 3.8) is 0 Å². The van der Waals surface area contributed by atoms with Crippen LogP contribution in [-0.4, -0.2) is 23.4 Å². The first kappa shape index (κ1) is 12.2. The number of amides is 1. The van der Waals surface area contributed by atoms with Gasteiger partial charge in [0, 0.05) is 31.3 Å². The number of carbonyl (C=O) groups is 2. The summed E-state index contributed by atoms with van der Waals surface area (Å²) >= 11 is 0. The van der Waals surface area contributed by atoms with Crippen LogP contribution in [0.5, 0.6) is 0 Å². The minimum Gasteiger partial charge on any atom is -0.550 e. The lowest BCUT2D eigenvalue weighted by Gasteiger charge is -2.05. The second-order valence-electron chi connectivity index (χ2n) is 3.33. The van der Waals surface area contributed by atoms with E-state index in [1.165, 1.54) is 0 Å². The molecule has 1 rings (SSSR count). The third kappa shape index (κ3) is 5.09. The number of carbonyl (C=O) groups excluding carboxylic acids is 2. The highest BCUT2D eigenvalue weighted by Crippen LogP contribution is 1.96. The Bertz CT molecular complexity index is 352. The fourth-order valence-electron chi connectivity index (χ4n) is 1.20. The molecule has 0 fully saturated rings. The van der Waals surface area contributed by atoms with Gasteiger partial charge in [0.25, 0.3) is 0 Å². The molecule has 0 saturated heterocycles. The average molecular weight is 221 g/mol. The van der Waals surface area contributed by atoms with Gasteiger partial charge in [-0.25, -0.2) is 0 Å². The Hall–Kier alpha value is -1.91. The second-order valence-corrected chi connectivity index (χ2v) is 3.33. The zero-order chi connectivity index (χ0) is 11.8. The van der Waals surface area contributed by atoms with Crippen LogP contribution in [0.15, 0.2) is 24.5 Å². The highest BCUT2D eigenvalue weighted by Gasteiger charge is 2.00. The van der Waals surface area contributed by atoms with Crippen LogP contribution in [0.25, 0.3) is 0 Å². The van der Waals surface area contributed by atoms with Crippen molar-refractivity contribution in [1.82, 2.24) is 10.3 Å². The number of nitrogens with one attached hydrogen (secondary N) is 1. The van der Waals surface area contributed by atoms with E-state index in [0.29, 0.717) is 13.0 Å². The van der Waals surface area contributed by atoms with E-state index in [1.807, 2.05) is 12.1 Å². The Morgan fingerprint density at radius 3 is 2.56 bits per heavy atom. The molecule has 1 aromatic rings. The zero-order valence-electron chi connectivity index (χ0n) is 8.81. The number of pyridine rings is 1. The molecule has 0 radical (unpaired) electrons. The maximum absolute atomic E-state index is 11.1. The Morgan fingerprint density at radius 2 is 1.94 bits per heavy atom. The molecule has 0 saturated carbocycles. The molecule has 0 aliphatic carbocycles. The van der Waals surface area contributed by atoms with E-state index in [2.05, 4.69) is 10.3 Å². The number of carboxylic acid groups (broad SMARTS) is 1. The van der Waals surface area contributed by atoms with Gasteiger partial charge in [0.2, 0.25) is 5.91 Å². The molecular weight excluding hydrogens is 208 g/mol. The summed E-state index contributed by atoms with van der Waals surface area (Å²) in [7, 11) is 0. The predicted molar refractivity (Wildman–Crippen MR) is 55.2 cm³/mol. The van der Waals surface area contributed by atoms with Gasteiger partial charge < -0.3 is 15.2 Å². The van der Waals surface area contributed by atoms with Crippen LogP contribution in [0.1, 0.15) is 18.4 Å². The number of aliphatic carboxylic acids is 1. The van der Waals surface area contributed by atoms with Crippen molar-refractivity contribution in [1.29, 1.82) is 0 Å². The molecule has 0 aliphatic heterocycles. The van der Waals surface area contributed by atoms with Gasteiger partial charge in [-0.05, 0) is 30.5 Å². The van der Waals surface area contributed by atoms with Crippen molar-refractivity contribution in [2.24, 2.45) is 0 Å². The average Bonchev–Trinajstić information content (AvgIpc) is 2.28. The first-order valence-corrected chi connectivity index (χ1v) is 5.04. The monoisotopic (exact) mass is 221 g/mol. The molecule has 0 atom stereocenters. The van der Waals surface area contributed by atoms with Crippen LogP contribution >= 0.6 is 0 Å². The molecule has 0 aliphatic rings. The van der Waals surface area contributed by atoms with Crippen molar-refractivity contribution >= 4 is 11.9 Å². The molecule has 16 heavy (non-hydrogen) atoms. The van der Waals surface area contributed by atoms with Crippen molar-refractivity contribution in [3.05, 3.63) is 30.1 Å².